The normalized spacial score (nSPS) is 11.6. The van der Waals surface area contributed by atoms with Crippen LogP contribution >= 0.6 is 0 Å². The maximum absolute atomic E-state index is 11.7. The SMILES string of the molecule is O=S(=O)(NCCn1cnnc1)NCc1ccccc1. The lowest BCUT2D eigenvalue weighted by Gasteiger charge is -2.08. The Labute approximate surface area is 111 Å². The molecule has 0 aliphatic carbocycles. The maximum atomic E-state index is 11.7. The number of rotatable bonds is 7. The number of benzene rings is 1. The third kappa shape index (κ3) is 4.78. The molecular formula is C11H15N5O2S. The van der Waals surface area contributed by atoms with Gasteiger partial charge >= 0.3 is 0 Å². The molecule has 0 aliphatic rings. The van der Waals surface area contributed by atoms with E-state index in [4.69, 9.17) is 0 Å². The molecule has 1 aromatic carbocycles. The summed E-state index contributed by atoms with van der Waals surface area (Å²) in [6.45, 7) is 1.03. The first-order chi connectivity index (χ1) is 9.16. The second kappa shape index (κ2) is 6.41. The number of aromatic nitrogens is 3. The quantitative estimate of drug-likeness (QED) is 0.742. The van der Waals surface area contributed by atoms with E-state index in [0.717, 1.165) is 5.56 Å². The van der Waals surface area contributed by atoms with Gasteiger partial charge in [0.25, 0.3) is 10.2 Å². The number of hydrogen-bond acceptors (Lipinski definition) is 4. The first-order valence-electron chi connectivity index (χ1n) is 5.76. The molecule has 0 unspecified atom stereocenters. The van der Waals surface area contributed by atoms with E-state index in [1.165, 1.54) is 12.7 Å². The zero-order chi connectivity index (χ0) is 13.6. The second-order valence-electron chi connectivity index (χ2n) is 3.90. The van der Waals surface area contributed by atoms with Gasteiger partial charge in [0, 0.05) is 19.6 Å². The van der Waals surface area contributed by atoms with E-state index < -0.39 is 10.2 Å². The van der Waals surface area contributed by atoms with Crippen LogP contribution in [0.1, 0.15) is 5.56 Å². The standard InChI is InChI=1S/C11H15N5O2S/c17-19(18,14-6-7-16-9-12-13-10-16)15-8-11-4-2-1-3-5-11/h1-5,9-10,14-15H,6-8H2. The molecule has 0 aliphatic heterocycles. The van der Waals surface area contributed by atoms with Crippen LogP contribution in [0.4, 0.5) is 0 Å². The average Bonchev–Trinajstić information content (AvgIpc) is 2.91. The maximum Gasteiger partial charge on any atom is 0.277 e. The van der Waals surface area contributed by atoms with Crippen LogP contribution in [0.25, 0.3) is 0 Å². The van der Waals surface area contributed by atoms with E-state index in [0.29, 0.717) is 6.54 Å². The Morgan fingerprint density at radius 2 is 1.74 bits per heavy atom. The van der Waals surface area contributed by atoms with Crippen LogP contribution in [-0.4, -0.2) is 29.7 Å². The summed E-state index contributed by atoms with van der Waals surface area (Å²) >= 11 is 0. The average molecular weight is 281 g/mol. The predicted molar refractivity (Wildman–Crippen MR) is 70.2 cm³/mol. The van der Waals surface area contributed by atoms with Crippen LogP contribution in [0, 0.1) is 0 Å². The molecule has 2 aromatic rings. The monoisotopic (exact) mass is 281 g/mol. The lowest BCUT2D eigenvalue weighted by atomic mass is 10.2. The van der Waals surface area contributed by atoms with Crippen molar-refractivity contribution in [3.8, 4) is 0 Å². The van der Waals surface area contributed by atoms with Gasteiger partial charge in [0.05, 0.1) is 0 Å². The minimum Gasteiger partial charge on any atom is -0.319 e. The van der Waals surface area contributed by atoms with Crippen LogP contribution in [0.3, 0.4) is 0 Å². The van der Waals surface area contributed by atoms with Crippen LogP contribution in [0.15, 0.2) is 43.0 Å². The Bertz CT molecular complexity index is 583. The molecule has 1 aromatic heterocycles. The van der Waals surface area contributed by atoms with E-state index in [2.05, 4.69) is 19.6 Å². The van der Waals surface area contributed by atoms with E-state index in [1.807, 2.05) is 30.3 Å². The van der Waals surface area contributed by atoms with Crippen LogP contribution < -0.4 is 9.44 Å². The first-order valence-corrected chi connectivity index (χ1v) is 7.25. The van der Waals surface area contributed by atoms with Crippen molar-refractivity contribution in [1.29, 1.82) is 0 Å². The van der Waals surface area contributed by atoms with Gasteiger partial charge in [0.1, 0.15) is 12.7 Å². The summed E-state index contributed by atoms with van der Waals surface area (Å²) in [5.74, 6) is 0. The van der Waals surface area contributed by atoms with E-state index in [9.17, 15) is 8.42 Å². The van der Waals surface area contributed by atoms with Crippen LogP contribution in [-0.2, 0) is 23.3 Å². The van der Waals surface area contributed by atoms with Crippen molar-refractivity contribution >= 4 is 10.2 Å². The topological polar surface area (TPSA) is 88.9 Å². The molecule has 8 heteroatoms. The van der Waals surface area contributed by atoms with Crippen molar-refractivity contribution in [2.45, 2.75) is 13.1 Å². The highest BCUT2D eigenvalue weighted by Crippen LogP contribution is 1.97. The third-order valence-corrected chi connectivity index (χ3v) is 3.55. The van der Waals surface area contributed by atoms with Crippen molar-refractivity contribution in [2.24, 2.45) is 0 Å². The summed E-state index contributed by atoms with van der Waals surface area (Å²) in [5.41, 5.74) is 0.909. The fourth-order valence-electron chi connectivity index (χ4n) is 1.47. The summed E-state index contributed by atoms with van der Waals surface area (Å²) in [6, 6.07) is 9.33. The molecule has 0 saturated carbocycles. The molecule has 0 amide bonds. The van der Waals surface area contributed by atoms with Crippen molar-refractivity contribution in [3.05, 3.63) is 48.5 Å². The zero-order valence-electron chi connectivity index (χ0n) is 10.2. The molecule has 2 rings (SSSR count). The van der Waals surface area contributed by atoms with Crippen molar-refractivity contribution < 1.29 is 8.42 Å². The highest BCUT2D eigenvalue weighted by molar-refractivity contribution is 7.87. The Kier molecular flexibility index (Phi) is 4.61. The van der Waals surface area contributed by atoms with Crippen molar-refractivity contribution in [2.75, 3.05) is 6.54 Å². The molecule has 1 heterocycles. The second-order valence-corrected chi connectivity index (χ2v) is 5.49. The number of nitrogens with zero attached hydrogens (tertiary/aromatic N) is 3. The molecule has 7 nitrogen and oxygen atoms in total. The van der Waals surface area contributed by atoms with Gasteiger partial charge in [-0.05, 0) is 5.56 Å². The lowest BCUT2D eigenvalue weighted by molar-refractivity contribution is 0.558. The minimum absolute atomic E-state index is 0.267. The van der Waals surface area contributed by atoms with E-state index in [-0.39, 0.29) is 13.1 Å². The molecule has 0 saturated heterocycles. The van der Waals surface area contributed by atoms with Crippen LogP contribution in [0.5, 0.6) is 0 Å². The Balaban J connectivity index is 1.76. The number of nitrogens with one attached hydrogen (secondary N) is 2. The summed E-state index contributed by atoms with van der Waals surface area (Å²) < 4.78 is 30.0. The molecule has 0 spiro atoms. The molecule has 2 N–H and O–H groups in total. The fourth-order valence-corrected chi connectivity index (χ4v) is 2.29. The van der Waals surface area contributed by atoms with Gasteiger partial charge in [-0.1, -0.05) is 30.3 Å². The molecular weight excluding hydrogens is 266 g/mol. The van der Waals surface area contributed by atoms with Gasteiger partial charge in [0.2, 0.25) is 0 Å². The molecule has 0 bridgehead atoms. The third-order valence-electron chi connectivity index (χ3n) is 2.44. The Morgan fingerprint density at radius 1 is 1.05 bits per heavy atom. The Morgan fingerprint density at radius 3 is 2.42 bits per heavy atom. The summed E-state index contributed by atoms with van der Waals surface area (Å²) in [5, 5.41) is 7.27. The highest BCUT2D eigenvalue weighted by atomic mass is 32.2. The van der Waals surface area contributed by atoms with Gasteiger partial charge in [-0.15, -0.1) is 10.2 Å². The highest BCUT2D eigenvalue weighted by Gasteiger charge is 2.08. The number of hydrogen-bond donors (Lipinski definition) is 2. The van der Waals surface area contributed by atoms with Gasteiger partial charge in [-0.2, -0.15) is 13.1 Å². The van der Waals surface area contributed by atoms with E-state index >= 15 is 0 Å². The van der Waals surface area contributed by atoms with E-state index in [1.54, 1.807) is 4.57 Å². The summed E-state index contributed by atoms with van der Waals surface area (Å²) in [6.07, 6.45) is 3.07. The predicted octanol–water partition coefficient (Wildman–Crippen LogP) is -0.0977. The first kappa shape index (κ1) is 13.7. The Hall–Kier alpha value is -1.77. The largest absolute Gasteiger partial charge is 0.319 e. The molecule has 0 radical (unpaired) electrons. The van der Waals surface area contributed by atoms with Crippen molar-refractivity contribution in [1.82, 2.24) is 24.2 Å². The van der Waals surface area contributed by atoms with Crippen molar-refractivity contribution in [3.63, 3.8) is 0 Å². The van der Waals surface area contributed by atoms with Gasteiger partial charge < -0.3 is 4.57 Å². The molecule has 0 atom stereocenters. The van der Waals surface area contributed by atoms with Crippen LogP contribution in [0.2, 0.25) is 0 Å². The summed E-state index contributed by atoms with van der Waals surface area (Å²) in [7, 11) is -3.49. The summed E-state index contributed by atoms with van der Waals surface area (Å²) in [4.78, 5) is 0. The smallest absolute Gasteiger partial charge is 0.277 e. The molecule has 19 heavy (non-hydrogen) atoms. The fraction of sp³-hybridized carbons (Fsp3) is 0.273. The molecule has 0 fully saturated rings. The van der Waals surface area contributed by atoms with Gasteiger partial charge in [0.15, 0.2) is 0 Å². The lowest BCUT2D eigenvalue weighted by Crippen LogP contribution is -2.37. The zero-order valence-corrected chi connectivity index (χ0v) is 11.0. The van der Waals surface area contributed by atoms with Gasteiger partial charge in [-0.25, -0.2) is 4.72 Å². The molecule has 102 valence electrons. The van der Waals surface area contributed by atoms with Gasteiger partial charge in [-0.3, -0.25) is 0 Å². The minimum atomic E-state index is -3.49.